The molecular weight excluding hydrogens is 186 g/mol. The van der Waals surface area contributed by atoms with Gasteiger partial charge in [-0.1, -0.05) is 20.8 Å². The van der Waals surface area contributed by atoms with Gasteiger partial charge < -0.3 is 4.90 Å². The molecule has 0 spiro atoms. The number of nitrogens with zero attached hydrogens (tertiary/aromatic N) is 1. The first-order valence-electron chi connectivity index (χ1n) is 6.00. The molecule has 0 radical (unpaired) electrons. The molecule has 0 aromatic carbocycles. The van der Waals surface area contributed by atoms with E-state index in [0.29, 0.717) is 0 Å². The van der Waals surface area contributed by atoms with Crippen molar-refractivity contribution in [3.05, 3.63) is 11.8 Å². The monoisotopic (exact) mass is 207 g/mol. The maximum absolute atomic E-state index is 11.9. The molecule has 2 heterocycles. The van der Waals surface area contributed by atoms with Crippen molar-refractivity contribution in [2.45, 2.75) is 52.5 Å². The van der Waals surface area contributed by atoms with Gasteiger partial charge in [0.15, 0.2) is 5.78 Å². The molecule has 84 valence electrons. The average Bonchev–Trinajstić information content (AvgIpc) is 2.67. The summed E-state index contributed by atoms with van der Waals surface area (Å²) in [5.41, 5.74) is 1.06. The van der Waals surface area contributed by atoms with Crippen molar-refractivity contribution in [1.82, 2.24) is 4.90 Å². The third-order valence-electron chi connectivity index (χ3n) is 3.52. The zero-order chi connectivity index (χ0) is 11.1. The molecule has 0 bridgehead atoms. The first kappa shape index (κ1) is 10.7. The summed E-state index contributed by atoms with van der Waals surface area (Å²) in [5, 5.41) is 0. The molecule has 0 aliphatic carbocycles. The first-order valence-corrected chi connectivity index (χ1v) is 6.00. The van der Waals surface area contributed by atoms with Crippen molar-refractivity contribution >= 4 is 5.78 Å². The Morgan fingerprint density at radius 2 is 2.13 bits per heavy atom. The van der Waals surface area contributed by atoms with Gasteiger partial charge in [-0.25, -0.2) is 0 Å². The lowest BCUT2D eigenvalue weighted by molar-refractivity contribution is -0.121. The van der Waals surface area contributed by atoms with Gasteiger partial charge in [0, 0.05) is 29.8 Å². The number of hydrogen-bond acceptors (Lipinski definition) is 2. The quantitative estimate of drug-likeness (QED) is 0.616. The van der Waals surface area contributed by atoms with Crippen LogP contribution in [0.1, 0.15) is 46.5 Å². The number of allylic oxidation sites excluding steroid dienone is 2. The topological polar surface area (TPSA) is 20.3 Å². The van der Waals surface area contributed by atoms with E-state index in [1.807, 2.05) is 26.8 Å². The van der Waals surface area contributed by atoms with Crippen molar-refractivity contribution < 1.29 is 4.79 Å². The molecule has 2 rings (SSSR count). The van der Waals surface area contributed by atoms with E-state index in [0.717, 1.165) is 19.0 Å². The number of fused-ring (bicyclic) bond motifs is 1. The van der Waals surface area contributed by atoms with Crippen LogP contribution < -0.4 is 0 Å². The average molecular weight is 207 g/mol. The molecule has 0 N–H and O–H groups in total. The van der Waals surface area contributed by atoms with Gasteiger partial charge in [-0.05, 0) is 25.7 Å². The molecule has 2 heteroatoms. The molecule has 0 amide bonds. The van der Waals surface area contributed by atoms with Gasteiger partial charge in [0.2, 0.25) is 0 Å². The van der Waals surface area contributed by atoms with E-state index in [1.165, 1.54) is 25.0 Å². The second-order valence-electron chi connectivity index (χ2n) is 5.78. The fourth-order valence-corrected chi connectivity index (χ4v) is 2.49. The number of hydrogen-bond donors (Lipinski definition) is 0. The Labute approximate surface area is 92.3 Å². The highest BCUT2D eigenvalue weighted by molar-refractivity contribution is 5.94. The van der Waals surface area contributed by atoms with Gasteiger partial charge in [-0.3, -0.25) is 4.79 Å². The molecule has 15 heavy (non-hydrogen) atoms. The summed E-state index contributed by atoms with van der Waals surface area (Å²) in [6.07, 6.45) is 6.87. The van der Waals surface area contributed by atoms with Crippen LogP contribution in [0.3, 0.4) is 0 Å². The molecule has 2 nitrogen and oxygen atoms in total. The highest BCUT2D eigenvalue weighted by atomic mass is 16.1. The lowest BCUT2D eigenvalue weighted by atomic mass is 9.90. The zero-order valence-corrected chi connectivity index (χ0v) is 10.0. The van der Waals surface area contributed by atoms with Crippen LogP contribution in [0.2, 0.25) is 0 Å². The van der Waals surface area contributed by atoms with Crippen LogP contribution in [0.4, 0.5) is 0 Å². The van der Waals surface area contributed by atoms with Crippen LogP contribution in [0.15, 0.2) is 11.8 Å². The van der Waals surface area contributed by atoms with Gasteiger partial charge in [0.1, 0.15) is 0 Å². The van der Waals surface area contributed by atoms with Crippen molar-refractivity contribution in [2.24, 2.45) is 5.41 Å². The van der Waals surface area contributed by atoms with Gasteiger partial charge >= 0.3 is 0 Å². The van der Waals surface area contributed by atoms with Gasteiger partial charge in [-0.2, -0.15) is 0 Å². The molecule has 1 atom stereocenters. The second-order valence-corrected chi connectivity index (χ2v) is 5.78. The fraction of sp³-hybridized carbons (Fsp3) is 0.769. The van der Waals surface area contributed by atoms with E-state index in [1.54, 1.807) is 0 Å². The largest absolute Gasteiger partial charge is 0.372 e. The number of ketones is 1. The summed E-state index contributed by atoms with van der Waals surface area (Å²) in [4.78, 5) is 14.4. The zero-order valence-electron chi connectivity index (χ0n) is 10.0. The van der Waals surface area contributed by atoms with Crippen LogP contribution in [-0.2, 0) is 4.79 Å². The van der Waals surface area contributed by atoms with Crippen molar-refractivity contribution in [1.29, 1.82) is 0 Å². The lowest BCUT2D eigenvalue weighted by Gasteiger charge is -2.21. The summed E-state index contributed by atoms with van der Waals surface area (Å²) in [7, 11) is 0. The van der Waals surface area contributed by atoms with Crippen LogP contribution in [0, 0.1) is 5.41 Å². The Hall–Kier alpha value is -0.790. The molecule has 2 aliphatic rings. The van der Waals surface area contributed by atoms with E-state index in [2.05, 4.69) is 4.90 Å². The predicted molar refractivity (Wildman–Crippen MR) is 61.5 cm³/mol. The summed E-state index contributed by atoms with van der Waals surface area (Å²) in [5.74, 6) is 0.269. The Morgan fingerprint density at radius 1 is 1.40 bits per heavy atom. The molecule has 2 saturated heterocycles. The minimum atomic E-state index is -0.231. The SMILES string of the molecule is CC(C)(C)C(=O)/C=C1/CCC2CCCN12. The minimum Gasteiger partial charge on any atom is -0.372 e. The summed E-state index contributed by atoms with van der Waals surface area (Å²) < 4.78 is 0. The van der Waals surface area contributed by atoms with E-state index >= 15 is 0 Å². The molecule has 2 fully saturated rings. The minimum absolute atomic E-state index is 0.231. The van der Waals surface area contributed by atoms with E-state index in [9.17, 15) is 4.79 Å². The van der Waals surface area contributed by atoms with Crippen LogP contribution in [-0.4, -0.2) is 23.3 Å². The summed E-state index contributed by atoms with van der Waals surface area (Å²) >= 11 is 0. The smallest absolute Gasteiger partial charge is 0.162 e. The number of carbonyl (C=O) groups is 1. The highest BCUT2D eigenvalue weighted by Gasteiger charge is 2.32. The van der Waals surface area contributed by atoms with Gasteiger partial charge in [0.05, 0.1) is 0 Å². The number of carbonyl (C=O) groups excluding carboxylic acids is 1. The predicted octanol–water partition coefficient (Wildman–Crippen LogP) is 2.74. The summed E-state index contributed by atoms with van der Waals surface area (Å²) in [6, 6.07) is 0.740. The van der Waals surface area contributed by atoms with Crippen LogP contribution in [0.5, 0.6) is 0 Å². The summed E-state index contributed by atoms with van der Waals surface area (Å²) in [6.45, 7) is 7.13. The highest BCUT2D eigenvalue weighted by Crippen LogP contribution is 2.35. The maximum Gasteiger partial charge on any atom is 0.162 e. The fourth-order valence-electron chi connectivity index (χ4n) is 2.49. The van der Waals surface area contributed by atoms with Crippen LogP contribution in [0.25, 0.3) is 0 Å². The van der Waals surface area contributed by atoms with Crippen molar-refractivity contribution in [3.8, 4) is 0 Å². The standard InChI is InChI=1S/C13H21NO/c1-13(2,3)12(15)9-11-7-6-10-5-4-8-14(10)11/h9-10H,4-8H2,1-3H3/b11-9-. The van der Waals surface area contributed by atoms with Crippen molar-refractivity contribution in [3.63, 3.8) is 0 Å². The Balaban J connectivity index is 2.11. The second kappa shape index (κ2) is 3.66. The Morgan fingerprint density at radius 3 is 2.80 bits per heavy atom. The van der Waals surface area contributed by atoms with Crippen LogP contribution >= 0.6 is 0 Å². The first-order chi connectivity index (χ1) is 6.98. The molecule has 1 unspecified atom stereocenters. The Bertz CT molecular complexity index is 298. The van der Waals surface area contributed by atoms with Gasteiger partial charge in [0.25, 0.3) is 0 Å². The molecule has 0 aromatic rings. The molecule has 0 aromatic heterocycles. The third kappa shape index (κ3) is 2.09. The normalized spacial score (nSPS) is 28.6. The Kier molecular flexibility index (Phi) is 2.61. The lowest BCUT2D eigenvalue weighted by Crippen LogP contribution is -2.23. The van der Waals surface area contributed by atoms with E-state index in [4.69, 9.17) is 0 Å². The van der Waals surface area contributed by atoms with Crippen molar-refractivity contribution in [2.75, 3.05) is 6.54 Å². The van der Waals surface area contributed by atoms with Gasteiger partial charge in [-0.15, -0.1) is 0 Å². The van der Waals surface area contributed by atoms with E-state index in [-0.39, 0.29) is 11.2 Å². The maximum atomic E-state index is 11.9. The number of rotatable bonds is 1. The third-order valence-corrected chi connectivity index (χ3v) is 3.52. The molecule has 2 aliphatic heterocycles. The van der Waals surface area contributed by atoms with E-state index < -0.39 is 0 Å². The molecular formula is C13H21NO. The molecule has 0 saturated carbocycles.